The molecule has 0 aliphatic rings. The minimum absolute atomic E-state index is 0.165. The highest BCUT2D eigenvalue weighted by molar-refractivity contribution is 9.10. The maximum atomic E-state index is 4.57. The Bertz CT molecular complexity index is 608. The zero-order valence-corrected chi connectivity index (χ0v) is 14.6. The van der Waals surface area contributed by atoms with E-state index in [1.165, 1.54) is 5.69 Å². The topological polar surface area (TPSA) is 55.6 Å². The van der Waals surface area contributed by atoms with Crippen LogP contribution in [0.25, 0.3) is 0 Å². The van der Waals surface area contributed by atoms with Gasteiger partial charge in [0.1, 0.15) is 5.82 Å². The maximum absolute atomic E-state index is 4.57. The summed E-state index contributed by atoms with van der Waals surface area (Å²) >= 11 is 3.64. The molecule has 114 valence electrons. The summed E-state index contributed by atoms with van der Waals surface area (Å²) in [6.07, 6.45) is 3.75. The Balaban J connectivity index is 2.28. The summed E-state index contributed by atoms with van der Waals surface area (Å²) in [6, 6.07) is 2.15. The van der Waals surface area contributed by atoms with Crippen molar-refractivity contribution >= 4 is 15.9 Å². The second-order valence-corrected chi connectivity index (χ2v) is 6.00. The molecule has 6 heteroatoms. The van der Waals surface area contributed by atoms with Gasteiger partial charge in [-0.15, -0.1) is 0 Å². The van der Waals surface area contributed by atoms with Crippen LogP contribution in [-0.4, -0.2) is 26.3 Å². The molecule has 5 nitrogen and oxygen atoms in total. The first kappa shape index (κ1) is 16.1. The van der Waals surface area contributed by atoms with Crippen molar-refractivity contribution < 1.29 is 0 Å². The lowest BCUT2D eigenvalue weighted by Crippen LogP contribution is -2.26. The summed E-state index contributed by atoms with van der Waals surface area (Å²) in [7, 11) is 1.98. The molecule has 0 aliphatic heterocycles. The van der Waals surface area contributed by atoms with Crippen LogP contribution in [0.15, 0.2) is 16.7 Å². The average Bonchev–Trinajstić information content (AvgIpc) is 2.69. The monoisotopic (exact) mass is 351 g/mol. The van der Waals surface area contributed by atoms with E-state index in [1.54, 1.807) is 0 Å². The Morgan fingerprint density at radius 3 is 2.71 bits per heavy atom. The lowest BCUT2D eigenvalue weighted by Gasteiger charge is -2.18. The minimum Gasteiger partial charge on any atom is -0.308 e. The van der Waals surface area contributed by atoms with Crippen molar-refractivity contribution in [2.24, 2.45) is 7.05 Å². The summed E-state index contributed by atoms with van der Waals surface area (Å²) in [5.74, 6) is 0.802. The quantitative estimate of drug-likeness (QED) is 0.869. The third kappa shape index (κ3) is 3.89. The third-order valence-electron chi connectivity index (χ3n) is 3.45. The van der Waals surface area contributed by atoms with E-state index in [1.807, 2.05) is 37.8 Å². The number of nitrogens with one attached hydrogen (secondary N) is 1. The van der Waals surface area contributed by atoms with Crippen molar-refractivity contribution in [2.45, 2.75) is 39.7 Å². The van der Waals surface area contributed by atoms with Gasteiger partial charge < -0.3 is 5.32 Å². The first-order valence-corrected chi connectivity index (χ1v) is 8.03. The molecule has 0 bridgehead atoms. The molecule has 2 aromatic rings. The molecular formula is C15H22BrN5. The lowest BCUT2D eigenvalue weighted by atomic mass is 10.1. The van der Waals surface area contributed by atoms with Crippen LogP contribution in [0.3, 0.4) is 0 Å². The first-order valence-electron chi connectivity index (χ1n) is 7.23. The van der Waals surface area contributed by atoms with Crippen molar-refractivity contribution in [1.29, 1.82) is 0 Å². The van der Waals surface area contributed by atoms with Gasteiger partial charge in [-0.3, -0.25) is 4.68 Å². The normalized spacial score (nSPS) is 12.6. The van der Waals surface area contributed by atoms with E-state index in [0.29, 0.717) is 0 Å². The van der Waals surface area contributed by atoms with Crippen LogP contribution in [0.4, 0.5) is 0 Å². The van der Waals surface area contributed by atoms with Gasteiger partial charge in [0.2, 0.25) is 0 Å². The molecule has 1 N–H and O–H groups in total. The van der Waals surface area contributed by atoms with Gasteiger partial charge in [0, 0.05) is 19.7 Å². The Hall–Kier alpha value is -1.27. The molecule has 0 aliphatic carbocycles. The van der Waals surface area contributed by atoms with E-state index >= 15 is 0 Å². The van der Waals surface area contributed by atoms with E-state index in [9.17, 15) is 0 Å². The van der Waals surface area contributed by atoms with Crippen molar-refractivity contribution in [2.75, 3.05) is 6.54 Å². The first-order chi connectivity index (χ1) is 10.0. The van der Waals surface area contributed by atoms with Crippen molar-refractivity contribution in [3.05, 3.63) is 39.6 Å². The van der Waals surface area contributed by atoms with Crippen LogP contribution in [0.5, 0.6) is 0 Å². The molecule has 1 atom stereocenters. The van der Waals surface area contributed by atoms with E-state index in [2.05, 4.69) is 43.2 Å². The fourth-order valence-electron chi connectivity index (χ4n) is 2.36. The zero-order valence-electron chi connectivity index (χ0n) is 13.0. The van der Waals surface area contributed by atoms with E-state index in [-0.39, 0.29) is 6.04 Å². The average molecular weight is 352 g/mol. The Kier molecular flexibility index (Phi) is 5.47. The molecule has 1 unspecified atom stereocenters. The predicted molar refractivity (Wildman–Crippen MR) is 87.2 cm³/mol. The zero-order chi connectivity index (χ0) is 15.4. The summed E-state index contributed by atoms with van der Waals surface area (Å²) in [6.45, 7) is 7.06. The van der Waals surface area contributed by atoms with E-state index < -0.39 is 0 Å². The van der Waals surface area contributed by atoms with Gasteiger partial charge in [0.05, 0.1) is 27.6 Å². The number of nitrogens with zero attached hydrogens (tertiary/aromatic N) is 4. The van der Waals surface area contributed by atoms with Gasteiger partial charge in [-0.2, -0.15) is 5.10 Å². The van der Waals surface area contributed by atoms with E-state index in [0.717, 1.165) is 41.1 Å². The van der Waals surface area contributed by atoms with Crippen LogP contribution >= 0.6 is 15.9 Å². The highest BCUT2D eigenvalue weighted by atomic mass is 79.9. The highest BCUT2D eigenvalue weighted by Gasteiger charge is 2.19. The molecule has 0 saturated heterocycles. The largest absolute Gasteiger partial charge is 0.308 e. The molecular weight excluding hydrogens is 330 g/mol. The summed E-state index contributed by atoms with van der Waals surface area (Å²) < 4.78 is 3.02. The molecule has 0 spiro atoms. The van der Waals surface area contributed by atoms with Gasteiger partial charge in [0.15, 0.2) is 0 Å². The lowest BCUT2D eigenvalue weighted by molar-refractivity contribution is 0.499. The molecule has 0 amide bonds. The molecule has 2 aromatic heterocycles. The highest BCUT2D eigenvalue weighted by Crippen LogP contribution is 2.25. The van der Waals surface area contributed by atoms with Crippen molar-refractivity contribution in [3.8, 4) is 0 Å². The standard InChI is InChI=1S/C15H22BrN5/c1-5-7-18-13(12-6-8-17-11(3)19-12)9-14-15(16)10(2)20-21(14)4/h6,8,13,18H,5,7,9H2,1-4H3. The molecule has 2 rings (SSSR count). The van der Waals surface area contributed by atoms with Gasteiger partial charge >= 0.3 is 0 Å². The molecule has 21 heavy (non-hydrogen) atoms. The molecule has 0 saturated carbocycles. The van der Waals surface area contributed by atoms with E-state index in [4.69, 9.17) is 0 Å². The summed E-state index contributed by atoms with van der Waals surface area (Å²) in [4.78, 5) is 8.75. The van der Waals surface area contributed by atoms with Crippen molar-refractivity contribution in [1.82, 2.24) is 25.1 Å². The van der Waals surface area contributed by atoms with Crippen LogP contribution in [0.2, 0.25) is 0 Å². The number of aryl methyl sites for hydroxylation is 3. The molecule has 0 radical (unpaired) electrons. The third-order valence-corrected chi connectivity index (χ3v) is 4.49. The fourth-order valence-corrected chi connectivity index (χ4v) is 2.86. The fraction of sp³-hybridized carbons (Fsp3) is 0.533. The SMILES string of the molecule is CCCNC(Cc1c(Br)c(C)nn1C)c1ccnc(C)n1. The Morgan fingerprint density at radius 1 is 1.38 bits per heavy atom. The second kappa shape index (κ2) is 7.13. The predicted octanol–water partition coefficient (Wildman–Crippen LogP) is 2.87. The summed E-state index contributed by atoms with van der Waals surface area (Å²) in [5, 5.41) is 8.04. The number of rotatable bonds is 6. The molecule has 0 aromatic carbocycles. The Morgan fingerprint density at radius 2 is 2.14 bits per heavy atom. The summed E-state index contributed by atoms with van der Waals surface area (Å²) in [5.41, 5.74) is 3.22. The molecule has 2 heterocycles. The van der Waals surface area contributed by atoms with Crippen LogP contribution < -0.4 is 5.32 Å². The minimum atomic E-state index is 0.165. The van der Waals surface area contributed by atoms with Gasteiger partial charge in [-0.05, 0) is 48.8 Å². The van der Waals surface area contributed by atoms with Gasteiger partial charge in [-0.1, -0.05) is 6.92 Å². The number of hydrogen-bond donors (Lipinski definition) is 1. The number of halogens is 1. The smallest absolute Gasteiger partial charge is 0.125 e. The Labute approximate surface area is 134 Å². The van der Waals surface area contributed by atoms with Crippen LogP contribution in [0.1, 0.15) is 42.3 Å². The van der Waals surface area contributed by atoms with Gasteiger partial charge in [-0.25, -0.2) is 9.97 Å². The second-order valence-electron chi connectivity index (χ2n) is 5.21. The number of aromatic nitrogens is 4. The van der Waals surface area contributed by atoms with Crippen LogP contribution in [-0.2, 0) is 13.5 Å². The van der Waals surface area contributed by atoms with Crippen molar-refractivity contribution in [3.63, 3.8) is 0 Å². The molecule has 0 fully saturated rings. The maximum Gasteiger partial charge on any atom is 0.125 e. The van der Waals surface area contributed by atoms with Gasteiger partial charge in [0.25, 0.3) is 0 Å². The van der Waals surface area contributed by atoms with Crippen LogP contribution in [0, 0.1) is 13.8 Å². The number of hydrogen-bond acceptors (Lipinski definition) is 4.